The first kappa shape index (κ1) is 12.2. The summed E-state index contributed by atoms with van der Waals surface area (Å²) in [5, 5.41) is 0. The number of fused-ring (bicyclic) bond motifs is 1. The molecule has 1 N–H and O–H groups in total. The second-order valence-corrected chi connectivity index (χ2v) is 6.03. The van der Waals surface area contributed by atoms with Gasteiger partial charge in [-0.3, -0.25) is 0 Å². The van der Waals surface area contributed by atoms with E-state index in [4.69, 9.17) is 0 Å². The van der Waals surface area contributed by atoms with Gasteiger partial charge in [-0.05, 0) is 27.9 Å². The second-order valence-electron chi connectivity index (χ2n) is 5.18. The van der Waals surface area contributed by atoms with E-state index in [-0.39, 0.29) is 5.82 Å². The molecule has 1 saturated carbocycles. The van der Waals surface area contributed by atoms with Crippen LogP contribution >= 0.6 is 15.9 Å². The summed E-state index contributed by atoms with van der Waals surface area (Å²) in [6.07, 6.45) is 7.64. The first-order valence-electron chi connectivity index (χ1n) is 6.56. The van der Waals surface area contributed by atoms with Gasteiger partial charge in [0, 0.05) is 12.5 Å². The number of H-pyrrole nitrogens is 1. The third kappa shape index (κ3) is 2.44. The number of aromatic nitrogens is 2. The van der Waals surface area contributed by atoms with Gasteiger partial charge < -0.3 is 4.98 Å². The highest BCUT2D eigenvalue weighted by Crippen LogP contribution is 2.27. The minimum atomic E-state index is -0.240. The van der Waals surface area contributed by atoms with Crippen molar-refractivity contribution < 1.29 is 4.39 Å². The molecule has 2 nitrogen and oxygen atoms in total. The zero-order chi connectivity index (χ0) is 12.5. The molecule has 1 fully saturated rings. The second kappa shape index (κ2) is 5.00. The van der Waals surface area contributed by atoms with Gasteiger partial charge in [0.25, 0.3) is 0 Å². The molecule has 4 heteroatoms. The fourth-order valence-corrected chi connectivity index (χ4v) is 3.15. The number of hydrogen-bond donors (Lipinski definition) is 1. The normalized spacial score (nSPS) is 17.4. The molecule has 3 rings (SSSR count). The minimum Gasteiger partial charge on any atom is -0.342 e. The maximum atomic E-state index is 13.4. The van der Waals surface area contributed by atoms with Crippen LogP contribution in [0.25, 0.3) is 11.0 Å². The fourth-order valence-electron chi connectivity index (χ4n) is 2.82. The van der Waals surface area contributed by atoms with E-state index in [2.05, 4.69) is 25.9 Å². The third-order valence-corrected chi connectivity index (χ3v) is 4.39. The van der Waals surface area contributed by atoms with Gasteiger partial charge in [0.2, 0.25) is 0 Å². The Bertz CT molecular complexity index is 519. The van der Waals surface area contributed by atoms with Crippen molar-refractivity contribution in [1.82, 2.24) is 9.97 Å². The van der Waals surface area contributed by atoms with Gasteiger partial charge in [-0.15, -0.1) is 0 Å². The van der Waals surface area contributed by atoms with Crippen molar-refractivity contribution in [2.24, 2.45) is 5.92 Å². The predicted molar refractivity (Wildman–Crippen MR) is 74.0 cm³/mol. The van der Waals surface area contributed by atoms with E-state index in [9.17, 15) is 4.39 Å². The number of hydrogen-bond acceptors (Lipinski definition) is 1. The van der Waals surface area contributed by atoms with Crippen LogP contribution in [0.15, 0.2) is 16.6 Å². The summed E-state index contributed by atoms with van der Waals surface area (Å²) in [5.41, 5.74) is 1.63. The Balaban J connectivity index is 1.84. The van der Waals surface area contributed by atoms with Crippen LogP contribution in [0.3, 0.4) is 0 Å². The summed E-state index contributed by atoms with van der Waals surface area (Å²) >= 11 is 3.20. The molecule has 1 aromatic heterocycles. The molecular formula is C14H16BrFN2. The summed E-state index contributed by atoms with van der Waals surface area (Å²) in [7, 11) is 0. The van der Waals surface area contributed by atoms with Gasteiger partial charge in [0.15, 0.2) is 0 Å². The van der Waals surface area contributed by atoms with E-state index in [1.807, 2.05) is 0 Å². The lowest BCUT2D eigenvalue weighted by atomic mass is 9.87. The van der Waals surface area contributed by atoms with E-state index in [0.717, 1.165) is 29.2 Å². The molecule has 0 amide bonds. The molecule has 1 aromatic carbocycles. The summed E-state index contributed by atoms with van der Waals surface area (Å²) < 4.78 is 13.9. The Hall–Kier alpha value is -0.900. The monoisotopic (exact) mass is 310 g/mol. The topological polar surface area (TPSA) is 28.7 Å². The molecule has 0 bridgehead atoms. The van der Waals surface area contributed by atoms with Crippen molar-refractivity contribution in [3.05, 3.63) is 28.2 Å². The lowest BCUT2D eigenvalue weighted by Gasteiger charge is -2.20. The maximum absolute atomic E-state index is 13.4. The molecule has 0 atom stereocenters. The summed E-state index contributed by atoms with van der Waals surface area (Å²) in [6, 6.07) is 3.25. The lowest BCUT2D eigenvalue weighted by molar-refractivity contribution is 0.352. The van der Waals surface area contributed by atoms with E-state index < -0.39 is 0 Å². The molecule has 0 spiro atoms. The van der Waals surface area contributed by atoms with Crippen molar-refractivity contribution >= 4 is 27.0 Å². The van der Waals surface area contributed by atoms with Gasteiger partial charge in [-0.2, -0.15) is 0 Å². The molecule has 1 aliphatic rings. The zero-order valence-electron chi connectivity index (χ0n) is 10.2. The van der Waals surface area contributed by atoms with Crippen LogP contribution in [0.2, 0.25) is 0 Å². The number of imidazole rings is 1. The number of aromatic amines is 1. The Kier molecular flexibility index (Phi) is 3.37. The van der Waals surface area contributed by atoms with Crippen molar-refractivity contribution in [3.63, 3.8) is 0 Å². The molecule has 18 heavy (non-hydrogen) atoms. The summed E-state index contributed by atoms with van der Waals surface area (Å²) in [5.74, 6) is 1.50. The highest BCUT2D eigenvalue weighted by atomic mass is 79.9. The largest absolute Gasteiger partial charge is 0.342 e. The van der Waals surface area contributed by atoms with E-state index >= 15 is 0 Å². The molecule has 1 aliphatic carbocycles. The van der Waals surface area contributed by atoms with E-state index in [0.29, 0.717) is 4.47 Å². The molecule has 96 valence electrons. The number of rotatable bonds is 2. The average molecular weight is 311 g/mol. The number of nitrogens with one attached hydrogen (secondary N) is 1. The highest BCUT2D eigenvalue weighted by molar-refractivity contribution is 9.10. The number of benzene rings is 1. The molecule has 0 aliphatic heterocycles. The molecule has 2 aromatic rings. The van der Waals surface area contributed by atoms with Gasteiger partial charge in [0.05, 0.1) is 15.5 Å². The van der Waals surface area contributed by atoms with Crippen molar-refractivity contribution in [2.45, 2.75) is 38.5 Å². The highest BCUT2D eigenvalue weighted by Gasteiger charge is 2.16. The smallest absolute Gasteiger partial charge is 0.139 e. The third-order valence-electron chi connectivity index (χ3n) is 3.78. The van der Waals surface area contributed by atoms with E-state index in [1.54, 1.807) is 6.07 Å². The first-order valence-corrected chi connectivity index (χ1v) is 7.35. The standard InChI is InChI=1S/C14H16BrFN2/c15-10-7-12-13(8-11(10)16)18-14(17-12)6-9-4-2-1-3-5-9/h7-9H,1-6H2,(H,17,18). The van der Waals surface area contributed by atoms with Crippen molar-refractivity contribution in [2.75, 3.05) is 0 Å². The number of nitrogens with zero attached hydrogens (tertiary/aromatic N) is 1. The van der Waals surface area contributed by atoms with Gasteiger partial charge in [0.1, 0.15) is 11.6 Å². The van der Waals surface area contributed by atoms with Gasteiger partial charge in [-0.25, -0.2) is 9.37 Å². The molecule has 0 radical (unpaired) electrons. The Morgan fingerprint density at radius 2 is 2.06 bits per heavy atom. The maximum Gasteiger partial charge on any atom is 0.139 e. The summed E-state index contributed by atoms with van der Waals surface area (Å²) in [4.78, 5) is 7.80. The SMILES string of the molecule is Fc1cc2[nH]c(CC3CCCCC3)nc2cc1Br. The van der Waals surface area contributed by atoms with Crippen LogP contribution in [-0.4, -0.2) is 9.97 Å². The Labute approximate surface area is 114 Å². The quantitative estimate of drug-likeness (QED) is 0.863. The van der Waals surface area contributed by atoms with Crippen LogP contribution in [0.1, 0.15) is 37.9 Å². The van der Waals surface area contributed by atoms with Gasteiger partial charge in [-0.1, -0.05) is 32.1 Å². The fraction of sp³-hybridized carbons (Fsp3) is 0.500. The minimum absolute atomic E-state index is 0.240. The average Bonchev–Trinajstić information content (AvgIpc) is 2.72. The predicted octanol–water partition coefficient (Wildman–Crippen LogP) is 4.59. The van der Waals surface area contributed by atoms with Crippen molar-refractivity contribution in [3.8, 4) is 0 Å². The molecular weight excluding hydrogens is 295 g/mol. The Morgan fingerprint density at radius 3 is 2.83 bits per heavy atom. The van der Waals surface area contributed by atoms with Crippen LogP contribution in [0.4, 0.5) is 4.39 Å². The molecule has 0 unspecified atom stereocenters. The number of halogens is 2. The van der Waals surface area contributed by atoms with Crippen LogP contribution in [-0.2, 0) is 6.42 Å². The first-order chi connectivity index (χ1) is 8.72. The molecule has 1 heterocycles. The van der Waals surface area contributed by atoms with E-state index in [1.165, 1.54) is 38.2 Å². The van der Waals surface area contributed by atoms with Crippen molar-refractivity contribution in [1.29, 1.82) is 0 Å². The Morgan fingerprint density at radius 1 is 1.28 bits per heavy atom. The summed E-state index contributed by atoms with van der Waals surface area (Å²) in [6.45, 7) is 0. The zero-order valence-corrected chi connectivity index (χ0v) is 11.8. The van der Waals surface area contributed by atoms with Crippen LogP contribution < -0.4 is 0 Å². The van der Waals surface area contributed by atoms with Gasteiger partial charge >= 0.3 is 0 Å². The lowest BCUT2D eigenvalue weighted by Crippen LogP contribution is -2.10. The van der Waals surface area contributed by atoms with Crippen LogP contribution in [0.5, 0.6) is 0 Å². The van der Waals surface area contributed by atoms with Crippen LogP contribution in [0, 0.1) is 11.7 Å². The molecule has 0 saturated heterocycles.